The number of aromatic nitrogens is 4. The third-order valence-corrected chi connectivity index (χ3v) is 8.54. The quantitative estimate of drug-likeness (QED) is 0.160. The van der Waals surface area contributed by atoms with Gasteiger partial charge in [-0.3, -0.25) is 13.9 Å². The molecule has 13 nitrogen and oxygen atoms in total. The van der Waals surface area contributed by atoms with Gasteiger partial charge in [-0.15, -0.1) is 0 Å². The van der Waals surface area contributed by atoms with Crippen molar-refractivity contribution < 1.29 is 46.2 Å². The zero-order valence-corrected chi connectivity index (χ0v) is 24.6. The number of ether oxygens (including phenoxy) is 2. The van der Waals surface area contributed by atoms with Crippen LogP contribution in [-0.4, -0.2) is 73.6 Å². The molecule has 5 rings (SSSR count). The molecule has 0 radical (unpaired) electrons. The highest BCUT2D eigenvalue weighted by atomic mass is 31.2. The lowest BCUT2D eigenvalue weighted by molar-refractivity contribution is -0.191. The Bertz CT molecular complexity index is 1710. The van der Waals surface area contributed by atoms with E-state index in [0.29, 0.717) is 10.8 Å². The van der Waals surface area contributed by atoms with E-state index in [9.17, 15) is 23.2 Å². The Morgan fingerprint density at radius 3 is 2.64 bits per heavy atom. The second kappa shape index (κ2) is 12.3. The molecule has 0 saturated carbocycles. The van der Waals surface area contributed by atoms with Crippen molar-refractivity contribution in [3.05, 3.63) is 55.1 Å². The molecule has 6 atom stereocenters. The predicted octanol–water partition coefficient (Wildman–Crippen LogP) is 3.93. The molecule has 1 aliphatic rings. The third-order valence-electron chi connectivity index (χ3n) is 6.93. The summed E-state index contributed by atoms with van der Waals surface area (Å²) in [5, 5.41) is 14.4. The molecule has 0 amide bonds. The van der Waals surface area contributed by atoms with Crippen LogP contribution < -0.4 is 15.3 Å². The predicted molar refractivity (Wildman–Crippen MR) is 151 cm³/mol. The number of aliphatic hydroxyl groups excluding tert-OH is 1. The highest BCUT2D eigenvalue weighted by Gasteiger charge is 2.62. The number of hydrogen-bond acceptors (Lipinski definition) is 11. The smallest absolute Gasteiger partial charge is 0.459 e. The first-order valence-corrected chi connectivity index (χ1v) is 15.0. The van der Waals surface area contributed by atoms with Crippen LogP contribution in [0.15, 0.2) is 55.1 Å². The van der Waals surface area contributed by atoms with E-state index >= 15 is 4.39 Å². The Balaban J connectivity index is 1.47. The van der Waals surface area contributed by atoms with E-state index in [0.717, 1.165) is 17.2 Å². The first-order valence-electron chi connectivity index (χ1n) is 13.5. The van der Waals surface area contributed by atoms with Crippen LogP contribution in [0, 0.1) is 0 Å². The molecule has 2 aromatic heterocycles. The molecule has 1 aliphatic heterocycles. The van der Waals surface area contributed by atoms with Crippen molar-refractivity contribution in [1.29, 1.82) is 0 Å². The number of nitrogens with zero attached hydrogens (tertiary/aromatic N) is 4. The monoisotopic (exact) mass is 638 g/mol. The molecular formula is C27H30F3N6O7P. The molecule has 4 N–H and O–H groups in total. The Morgan fingerprint density at radius 2 is 1.91 bits per heavy atom. The minimum absolute atomic E-state index is 0.0331. The van der Waals surface area contributed by atoms with E-state index in [4.69, 9.17) is 24.3 Å². The summed E-state index contributed by atoms with van der Waals surface area (Å²) < 4.78 is 82.0. The van der Waals surface area contributed by atoms with E-state index in [1.165, 1.54) is 13.0 Å². The van der Waals surface area contributed by atoms with Crippen LogP contribution >= 0.6 is 7.75 Å². The number of rotatable bonds is 11. The second-order valence-corrected chi connectivity index (χ2v) is 12.1. The normalized spacial score (nSPS) is 24.2. The van der Waals surface area contributed by atoms with Crippen molar-refractivity contribution in [2.24, 2.45) is 0 Å². The van der Waals surface area contributed by atoms with Crippen molar-refractivity contribution in [2.45, 2.75) is 63.4 Å². The van der Waals surface area contributed by atoms with Gasteiger partial charge in [0.05, 0.1) is 19.0 Å². The van der Waals surface area contributed by atoms with Gasteiger partial charge in [0.2, 0.25) is 0 Å². The topological polar surface area (TPSA) is 173 Å². The first-order chi connectivity index (χ1) is 20.8. The number of carbonyl (C=O) groups is 1. The summed E-state index contributed by atoms with van der Waals surface area (Å²) in [6.45, 7) is 3.19. The summed E-state index contributed by atoms with van der Waals surface area (Å²) in [5.74, 6) is -0.845. The van der Waals surface area contributed by atoms with E-state index in [-0.39, 0.29) is 22.7 Å². The summed E-state index contributed by atoms with van der Waals surface area (Å²) in [4.78, 5) is 24.3. The molecule has 0 spiro atoms. The van der Waals surface area contributed by atoms with Gasteiger partial charge in [0.15, 0.2) is 29.5 Å². The van der Waals surface area contributed by atoms with Gasteiger partial charge in [0, 0.05) is 5.39 Å². The lowest BCUT2D eigenvalue weighted by Crippen LogP contribution is -2.52. The number of carbonyl (C=O) groups excluding carboxylic acids is 1. The molecule has 3 heterocycles. The SMILES string of the molecule is CC(C)OC(=O)C(C)NP(=O)(OCC1(C(F)F)OC(n2cnc3c(N)ncnc32)C(F)C1O)Oc1cccc2ccccc12. The van der Waals surface area contributed by atoms with Gasteiger partial charge in [-0.05, 0) is 32.2 Å². The fraction of sp³-hybridized carbons (Fsp3) is 0.407. The molecule has 2 aromatic carbocycles. The number of hydrogen-bond donors (Lipinski definition) is 3. The minimum atomic E-state index is -4.76. The Kier molecular flexibility index (Phi) is 8.82. The van der Waals surface area contributed by atoms with Crippen molar-refractivity contribution >= 4 is 41.5 Å². The van der Waals surface area contributed by atoms with Gasteiger partial charge in [-0.2, -0.15) is 5.09 Å². The molecule has 1 fully saturated rings. The number of esters is 1. The van der Waals surface area contributed by atoms with Gasteiger partial charge in [-0.1, -0.05) is 36.4 Å². The number of fused-ring (bicyclic) bond motifs is 2. The molecule has 0 aliphatic carbocycles. The maximum Gasteiger partial charge on any atom is 0.459 e. The van der Waals surface area contributed by atoms with Crippen molar-refractivity contribution in [2.75, 3.05) is 12.3 Å². The standard InChI is InChI=1S/C27H30F3N6O7P/c1-14(2)41-25(38)15(3)35-44(39,43-18-10-6-8-16-7-4-5-9-17(16)18)40-11-27(26(29)30)21(37)19(28)24(42-27)36-13-34-20-22(31)32-12-33-23(20)36/h4-10,12-15,19,21,24,26,37H,11H2,1-3H3,(H,35,39)(H2,31,32,33). The zero-order chi connectivity index (χ0) is 31.8. The van der Waals surface area contributed by atoms with Gasteiger partial charge >= 0.3 is 13.7 Å². The highest BCUT2D eigenvalue weighted by molar-refractivity contribution is 7.52. The first kappa shape index (κ1) is 31.6. The minimum Gasteiger partial charge on any atom is -0.462 e. The average molecular weight is 639 g/mol. The Morgan fingerprint density at radius 1 is 1.18 bits per heavy atom. The van der Waals surface area contributed by atoms with E-state index in [1.807, 2.05) is 0 Å². The maximum absolute atomic E-state index is 15.5. The number of nitrogens with two attached hydrogens (primary N) is 1. The summed E-state index contributed by atoms with van der Waals surface area (Å²) in [6.07, 6.45) is -8.71. The summed E-state index contributed by atoms with van der Waals surface area (Å²) in [6, 6.07) is 10.4. The van der Waals surface area contributed by atoms with E-state index < -0.39 is 63.0 Å². The average Bonchev–Trinajstić information content (AvgIpc) is 3.52. The van der Waals surface area contributed by atoms with Crippen molar-refractivity contribution in [3.8, 4) is 5.75 Å². The van der Waals surface area contributed by atoms with Crippen LogP contribution in [0.25, 0.3) is 21.9 Å². The molecular weight excluding hydrogens is 608 g/mol. The number of imidazole rings is 1. The molecule has 1 saturated heterocycles. The number of anilines is 1. The van der Waals surface area contributed by atoms with E-state index in [1.54, 1.807) is 50.2 Å². The fourth-order valence-corrected chi connectivity index (χ4v) is 6.27. The maximum atomic E-state index is 15.5. The Hall–Kier alpha value is -3.82. The molecule has 17 heteroatoms. The van der Waals surface area contributed by atoms with Gasteiger partial charge in [0.25, 0.3) is 6.43 Å². The molecule has 44 heavy (non-hydrogen) atoms. The van der Waals surface area contributed by atoms with Crippen molar-refractivity contribution in [3.63, 3.8) is 0 Å². The molecule has 0 bridgehead atoms. The highest BCUT2D eigenvalue weighted by Crippen LogP contribution is 2.51. The number of nitrogen functional groups attached to an aromatic ring is 1. The van der Waals surface area contributed by atoms with Crippen LogP contribution in [0.5, 0.6) is 5.75 Å². The van der Waals surface area contributed by atoms with Crippen LogP contribution in [0.4, 0.5) is 19.0 Å². The van der Waals surface area contributed by atoms with Crippen LogP contribution in [0.3, 0.4) is 0 Å². The van der Waals surface area contributed by atoms with Gasteiger partial charge < -0.3 is 24.8 Å². The van der Waals surface area contributed by atoms with Crippen LogP contribution in [0.2, 0.25) is 0 Å². The number of benzene rings is 2. The Labute approximate surface area is 249 Å². The number of aliphatic hydroxyl groups is 1. The molecule has 4 aromatic rings. The van der Waals surface area contributed by atoms with E-state index in [2.05, 4.69) is 20.0 Å². The van der Waals surface area contributed by atoms with Crippen LogP contribution in [-0.2, 0) is 23.4 Å². The largest absolute Gasteiger partial charge is 0.462 e. The zero-order valence-electron chi connectivity index (χ0n) is 23.7. The van der Waals surface area contributed by atoms with Crippen molar-refractivity contribution in [1.82, 2.24) is 24.6 Å². The molecule has 6 unspecified atom stereocenters. The summed E-state index contributed by atoms with van der Waals surface area (Å²) in [7, 11) is -4.76. The van der Waals surface area contributed by atoms with Gasteiger partial charge in [0.1, 0.15) is 29.7 Å². The molecule has 236 valence electrons. The lowest BCUT2D eigenvalue weighted by Gasteiger charge is -2.32. The summed E-state index contributed by atoms with van der Waals surface area (Å²) in [5.41, 5.74) is 2.76. The number of halogens is 3. The number of alkyl halides is 3. The number of nitrogens with one attached hydrogen (secondary N) is 1. The van der Waals surface area contributed by atoms with Crippen LogP contribution in [0.1, 0.15) is 27.0 Å². The second-order valence-electron chi connectivity index (χ2n) is 10.4. The third kappa shape index (κ3) is 5.95. The lowest BCUT2D eigenvalue weighted by atomic mass is 9.97. The summed E-state index contributed by atoms with van der Waals surface area (Å²) >= 11 is 0. The van der Waals surface area contributed by atoms with Gasteiger partial charge in [-0.25, -0.2) is 32.7 Å². The fourth-order valence-electron chi connectivity index (χ4n) is 4.72.